The van der Waals surface area contributed by atoms with Crippen LogP contribution in [0, 0.1) is 0 Å². The first kappa shape index (κ1) is 10.4. The number of nitrogens with zero attached hydrogens (tertiary/aromatic N) is 1. The van der Waals surface area contributed by atoms with Crippen LogP contribution in [-0.2, 0) is 15.7 Å². The minimum Gasteiger partial charge on any atom is -0.379 e. The quantitative estimate of drug-likeness (QED) is 0.638. The Hall–Kier alpha value is 0.360. The molecule has 72 valence electrons. The molecule has 1 rings (SSSR count). The van der Waals surface area contributed by atoms with Gasteiger partial charge >= 0.3 is 0 Å². The van der Waals surface area contributed by atoms with Crippen LogP contribution in [-0.4, -0.2) is 46.5 Å². The van der Waals surface area contributed by atoms with Crippen molar-refractivity contribution in [2.45, 2.75) is 6.42 Å². The van der Waals surface area contributed by atoms with E-state index in [0.717, 1.165) is 19.5 Å². The highest BCUT2D eigenvalue weighted by atomic mass is 35.5. The zero-order chi connectivity index (χ0) is 8.81. The molecule has 0 amide bonds. The fraction of sp³-hybridized carbons (Fsp3) is 1.00. The average molecular weight is 212 g/mol. The van der Waals surface area contributed by atoms with Gasteiger partial charge in [0.05, 0.1) is 24.2 Å². The van der Waals surface area contributed by atoms with Crippen molar-refractivity contribution in [1.82, 2.24) is 4.31 Å². The predicted octanol–water partition coefficient (Wildman–Crippen LogP) is 0.611. The lowest BCUT2D eigenvalue weighted by molar-refractivity contribution is 0.0752. The molecule has 0 saturated carbocycles. The van der Waals surface area contributed by atoms with Crippen LogP contribution >= 0.6 is 11.6 Å². The zero-order valence-corrected chi connectivity index (χ0v) is 8.57. The maximum absolute atomic E-state index is 11.5. The first-order valence-corrected chi connectivity index (χ1v) is 5.93. The molecule has 0 N–H and O–H groups in total. The Kier molecular flexibility index (Phi) is 5.14. The van der Waals surface area contributed by atoms with Gasteiger partial charge in [-0.25, -0.2) is 8.51 Å². The van der Waals surface area contributed by atoms with E-state index in [1.54, 1.807) is 0 Å². The first-order chi connectivity index (χ1) is 5.84. The topological polar surface area (TPSA) is 29.5 Å². The van der Waals surface area contributed by atoms with E-state index >= 15 is 0 Å². The standard InChI is InChI=1S/C7H14ClNO2S/c8-2-1-7-12(10)9-3-5-11-6-4-9/h1-7H2. The molecule has 1 heterocycles. The molecule has 5 heteroatoms. The van der Waals surface area contributed by atoms with Crippen LogP contribution in [0.1, 0.15) is 6.42 Å². The van der Waals surface area contributed by atoms with E-state index in [2.05, 4.69) is 0 Å². The van der Waals surface area contributed by atoms with E-state index in [9.17, 15) is 4.21 Å². The normalized spacial score (nSPS) is 22.4. The number of halogens is 1. The van der Waals surface area contributed by atoms with Crippen LogP contribution in [0.2, 0.25) is 0 Å². The van der Waals surface area contributed by atoms with Gasteiger partial charge in [0, 0.05) is 24.7 Å². The highest BCUT2D eigenvalue weighted by Crippen LogP contribution is 2.02. The van der Waals surface area contributed by atoms with Gasteiger partial charge < -0.3 is 4.74 Å². The van der Waals surface area contributed by atoms with Crippen molar-refractivity contribution in [3.8, 4) is 0 Å². The number of morpholine rings is 1. The molecule has 1 atom stereocenters. The van der Waals surface area contributed by atoms with Crippen LogP contribution < -0.4 is 0 Å². The molecule has 0 spiro atoms. The monoisotopic (exact) mass is 211 g/mol. The molecule has 12 heavy (non-hydrogen) atoms. The molecule has 1 unspecified atom stereocenters. The molecular weight excluding hydrogens is 198 g/mol. The summed E-state index contributed by atoms with van der Waals surface area (Å²) in [5, 5.41) is 0. The van der Waals surface area contributed by atoms with E-state index in [1.165, 1.54) is 0 Å². The SMILES string of the molecule is O=S(CCCCl)N1CCOCC1. The summed E-state index contributed by atoms with van der Waals surface area (Å²) in [7, 11) is -0.837. The van der Waals surface area contributed by atoms with E-state index < -0.39 is 11.0 Å². The second-order valence-electron chi connectivity index (χ2n) is 2.61. The maximum Gasteiger partial charge on any atom is 0.0944 e. The van der Waals surface area contributed by atoms with E-state index in [0.29, 0.717) is 24.8 Å². The van der Waals surface area contributed by atoms with Crippen LogP contribution in [0.25, 0.3) is 0 Å². The van der Waals surface area contributed by atoms with Crippen LogP contribution in [0.3, 0.4) is 0 Å². The van der Waals surface area contributed by atoms with Gasteiger partial charge in [-0.3, -0.25) is 0 Å². The van der Waals surface area contributed by atoms with Crippen LogP contribution in [0.15, 0.2) is 0 Å². The zero-order valence-electron chi connectivity index (χ0n) is 7.00. The maximum atomic E-state index is 11.5. The highest BCUT2D eigenvalue weighted by Gasteiger charge is 2.15. The minimum absolute atomic E-state index is 0.593. The van der Waals surface area contributed by atoms with Crippen LogP contribution in [0.5, 0.6) is 0 Å². The smallest absolute Gasteiger partial charge is 0.0944 e. The highest BCUT2D eigenvalue weighted by molar-refractivity contribution is 7.82. The summed E-state index contributed by atoms with van der Waals surface area (Å²) in [4.78, 5) is 0. The Balaban J connectivity index is 2.20. The van der Waals surface area contributed by atoms with Crippen molar-refractivity contribution in [3.05, 3.63) is 0 Å². The number of hydrogen-bond acceptors (Lipinski definition) is 2. The van der Waals surface area contributed by atoms with Gasteiger partial charge in [-0.2, -0.15) is 0 Å². The summed E-state index contributed by atoms with van der Waals surface area (Å²) in [5.74, 6) is 1.28. The molecule has 1 fully saturated rings. The Labute approximate surface area is 80.6 Å². The molecular formula is C7H14ClNO2S. The molecule has 0 aliphatic carbocycles. The van der Waals surface area contributed by atoms with Crippen molar-refractivity contribution in [3.63, 3.8) is 0 Å². The van der Waals surface area contributed by atoms with Gasteiger partial charge in [0.1, 0.15) is 0 Å². The predicted molar refractivity (Wildman–Crippen MR) is 50.7 cm³/mol. The Morgan fingerprint density at radius 2 is 2.08 bits per heavy atom. The number of ether oxygens (including phenoxy) is 1. The van der Waals surface area contributed by atoms with E-state index in [-0.39, 0.29) is 0 Å². The summed E-state index contributed by atoms with van der Waals surface area (Å²) in [6.45, 7) is 2.98. The van der Waals surface area contributed by atoms with Crippen LogP contribution in [0.4, 0.5) is 0 Å². The molecule has 1 aliphatic rings. The van der Waals surface area contributed by atoms with Crippen molar-refractivity contribution in [2.24, 2.45) is 0 Å². The van der Waals surface area contributed by atoms with E-state index in [4.69, 9.17) is 16.3 Å². The summed E-state index contributed by atoms with van der Waals surface area (Å²) < 4.78 is 18.6. The molecule has 0 radical (unpaired) electrons. The Bertz CT molecular complexity index is 150. The third-order valence-corrected chi connectivity index (χ3v) is 3.56. The lowest BCUT2D eigenvalue weighted by Gasteiger charge is -2.25. The largest absolute Gasteiger partial charge is 0.379 e. The fourth-order valence-corrected chi connectivity index (χ4v) is 2.56. The molecule has 0 bridgehead atoms. The van der Waals surface area contributed by atoms with Gasteiger partial charge in [-0.05, 0) is 6.42 Å². The number of alkyl halides is 1. The van der Waals surface area contributed by atoms with Crippen molar-refractivity contribution in [2.75, 3.05) is 37.9 Å². The van der Waals surface area contributed by atoms with Crippen molar-refractivity contribution < 1.29 is 8.95 Å². The van der Waals surface area contributed by atoms with Crippen molar-refractivity contribution in [1.29, 1.82) is 0 Å². The van der Waals surface area contributed by atoms with Gasteiger partial charge in [-0.1, -0.05) is 0 Å². The molecule has 0 aromatic carbocycles. The fourth-order valence-electron chi connectivity index (χ4n) is 1.06. The second kappa shape index (κ2) is 5.91. The lowest BCUT2D eigenvalue weighted by atomic mass is 10.5. The van der Waals surface area contributed by atoms with Gasteiger partial charge in [0.25, 0.3) is 0 Å². The van der Waals surface area contributed by atoms with E-state index in [1.807, 2.05) is 4.31 Å². The minimum atomic E-state index is -0.837. The van der Waals surface area contributed by atoms with Crippen molar-refractivity contribution >= 4 is 22.6 Å². The summed E-state index contributed by atoms with van der Waals surface area (Å²) >= 11 is 5.51. The van der Waals surface area contributed by atoms with Gasteiger partial charge in [0.2, 0.25) is 0 Å². The molecule has 0 aromatic heterocycles. The number of rotatable bonds is 4. The first-order valence-electron chi connectivity index (χ1n) is 4.11. The van der Waals surface area contributed by atoms with Gasteiger partial charge in [-0.15, -0.1) is 11.6 Å². The van der Waals surface area contributed by atoms with Gasteiger partial charge in [0.15, 0.2) is 0 Å². The number of hydrogen-bond donors (Lipinski definition) is 0. The summed E-state index contributed by atoms with van der Waals surface area (Å²) in [6, 6.07) is 0. The molecule has 1 aliphatic heterocycles. The molecule has 1 saturated heterocycles. The third kappa shape index (κ3) is 3.39. The average Bonchev–Trinajstić information content (AvgIpc) is 2.15. The third-order valence-electron chi connectivity index (χ3n) is 1.71. The Morgan fingerprint density at radius 1 is 1.42 bits per heavy atom. The summed E-state index contributed by atoms with van der Waals surface area (Å²) in [5.41, 5.74) is 0. The molecule has 0 aromatic rings. The second-order valence-corrected chi connectivity index (χ2v) is 4.56. The summed E-state index contributed by atoms with van der Waals surface area (Å²) in [6.07, 6.45) is 0.825. The molecule has 3 nitrogen and oxygen atoms in total. The Morgan fingerprint density at radius 3 is 2.67 bits per heavy atom. The lowest BCUT2D eigenvalue weighted by Crippen LogP contribution is -2.38.